The van der Waals surface area contributed by atoms with Crippen LogP contribution in [-0.2, 0) is 16.1 Å². The van der Waals surface area contributed by atoms with Crippen LogP contribution in [0.4, 0.5) is 4.39 Å². The normalized spacial score (nSPS) is 9.67. The molecule has 102 valence electrons. The number of carbonyl (C=O) groups is 1. The quantitative estimate of drug-likeness (QED) is 0.614. The van der Waals surface area contributed by atoms with Crippen LogP contribution in [0.5, 0.6) is 0 Å². The summed E-state index contributed by atoms with van der Waals surface area (Å²) < 4.78 is 17.4. The number of nitrogens with one attached hydrogen (secondary N) is 1. The van der Waals surface area contributed by atoms with Gasteiger partial charge in [0.15, 0.2) is 0 Å². The Morgan fingerprint density at radius 3 is 2.61 bits per heavy atom. The molecule has 3 nitrogen and oxygen atoms in total. The predicted octanol–water partition coefficient (Wildman–Crippen LogP) is 2.68. The molecular weight excluding hydrogens is 257 g/mol. The molecular formula is C13H19ClFNO2. The SMILES string of the molecule is CCOC(=O)CCCNCc1ccc(F)cc1.Cl. The number of benzene rings is 1. The van der Waals surface area contributed by atoms with Gasteiger partial charge in [0, 0.05) is 13.0 Å². The minimum atomic E-state index is -0.226. The van der Waals surface area contributed by atoms with Gasteiger partial charge in [-0.25, -0.2) is 4.39 Å². The number of hydrogen-bond donors (Lipinski definition) is 1. The molecule has 0 atom stereocenters. The van der Waals surface area contributed by atoms with Crippen molar-refractivity contribution in [1.82, 2.24) is 5.32 Å². The first-order valence-electron chi connectivity index (χ1n) is 5.83. The molecule has 18 heavy (non-hydrogen) atoms. The molecule has 0 amide bonds. The van der Waals surface area contributed by atoms with Crippen LogP contribution >= 0.6 is 12.4 Å². The second-order valence-electron chi connectivity index (χ2n) is 3.71. The van der Waals surface area contributed by atoms with Gasteiger partial charge in [0.05, 0.1) is 6.61 Å². The fourth-order valence-electron chi connectivity index (χ4n) is 1.43. The summed E-state index contributed by atoms with van der Waals surface area (Å²) in [4.78, 5) is 11.0. The Balaban J connectivity index is 0.00000289. The van der Waals surface area contributed by atoms with Gasteiger partial charge in [-0.3, -0.25) is 4.79 Å². The van der Waals surface area contributed by atoms with E-state index < -0.39 is 0 Å². The Hall–Kier alpha value is -1.13. The molecule has 0 bridgehead atoms. The Morgan fingerprint density at radius 1 is 1.33 bits per heavy atom. The van der Waals surface area contributed by atoms with Gasteiger partial charge in [-0.1, -0.05) is 12.1 Å². The molecule has 0 aliphatic rings. The van der Waals surface area contributed by atoms with Crippen molar-refractivity contribution in [3.63, 3.8) is 0 Å². The molecule has 0 aliphatic heterocycles. The van der Waals surface area contributed by atoms with Crippen LogP contribution in [0, 0.1) is 5.82 Å². The Morgan fingerprint density at radius 2 is 2.00 bits per heavy atom. The van der Waals surface area contributed by atoms with E-state index in [1.807, 2.05) is 0 Å². The Labute approximate surface area is 113 Å². The number of esters is 1. The molecule has 0 spiro atoms. The molecule has 0 fully saturated rings. The van der Waals surface area contributed by atoms with Crippen molar-refractivity contribution >= 4 is 18.4 Å². The van der Waals surface area contributed by atoms with Crippen molar-refractivity contribution < 1.29 is 13.9 Å². The van der Waals surface area contributed by atoms with Crippen LogP contribution in [0.2, 0.25) is 0 Å². The van der Waals surface area contributed by atoms with E-state index >= 15 is 0 Å². The third-order valence-corrected chi connectivity index (χ3v) is 2.28. The van der Waals surface area contributed by atoms with Gasteiger partial charge >= 0.3 is 5.97 Å². The van der Waals surface area contributed by atoms with Crippen molar-refractivity contribution in [2.75, 3.05) is 13.2 Å². The molecule has 1 aromatic rings. The van der Waals surface area contributed by atoms with E-state index in [4.69, 9.17) is 4.74 Å². The Kier molecular flexibility index (Phi) is 9.24. The lowest BCUT2D eigenvalue weighted by molar-refractivity contribution is -0.143. The van der Waals surface area contributed by atoms with E-state index in [1.54, 1.807) is 19.1 Å². The maximum atomic E-state index is 12.6. The average Bonchev–Trinajstić information content (AvgIpc) is 2.31. The number of rotatable bonds is 7. The lowest BCUT2D eigenvalue weighted by atomic mass is 10.2. The van der Waals surface area contributed by atoms with Gasteiger partial charge in [-0.05, 0) is 37.6 Å². The molecule has 1 aromatic carbocycles. The molecule has 0 radical (unpaired) electrons. The molecule has 0 saturated carbocycles. The highest BCUT2D eigenvalue weighted by Gasteiger charge is 2.00. The number of hydrogen-bond acceptors (Lipinski definition) is 3. The van der Waals surface area contributed by atoms with E-state index in [0.717, 1.165) is 18.5 Å². The summed E-state index contributed by atoms with van der Waals surface area (Å²) in [6, 6.07) is 6.37. The lowest BCUT2D eigenvalue weighted by Crippen LogP contribution is -2.16. The van der Waals surface area contributed by atoms with Crippen molar-refractivity contribution in [3.8, 4) is 0 Å². The topological polar surface area (TPSA) is 38.3 Å². The van der Waals surface area contributed by atoms with E-state index in [-0.39, 0.29) is 24.2 Å². The monoisotopic (exact) mass is 275 g/mol. The maximum absolute atomic E-state index is 12.6. The molecule has 0 aliphatic carbocycles. The van der Waals surface area contributed by atoms with Gasteiger partial charge in [0.2, 0.25) is 0 Å². The van der Waals surface area contributed by atoms with Crippen molar-refractivity contribution in [2.24, 2.45) is 0 Å². The minimum Gasteiger partial charge on any atom is -0.466 e. The third kappa shape index (κ3) is 7.25. The van der Waals surface area contributed by atoms with E-state index in [0.29, 0.717) is 19.6 Å². The molecule has 1 rings (SSSR count). The summed E-state index contributed by atoms with van der Waals surface area (Å²) in [6.45, 7) is 3.66. The fraction of sp³-hybridized carbons (Fsp3) is 0.462. The van der Waals surface area contributed by atoms with Gasteiger partial charge in [0.25, 0.3) is 0 Å². The van der Waals surface area contributed by atoms with Gasteiger partial charge in [-0.15, -0.1) is 12.4 Å². The predicted molar refractivity (Wildman–Crippen MR) is 71.2 cm³/mol. The molecule has 0 heterocycles. The standard InChI is InChI=1S/C13H18FNO2.ClH/c1-2-17-13(16)4-3-9-15-10-11-5-7-12(14)8-6-11;/h5-8,15H,2-4,9-10H2,1H3;1H. The van der Waals surface area contributed by atoms with Crippen molar-refractivity contribution in [1.29, 1.82) is 0 Å². The fourth-order valence-corrected chi connectivity index (χ4v) is 1.43. The summed E-state index contributed by atoms with van der Waals surface area (Å²) >= 11 is 0. The van der Waals surface area contributed by atoms with Crippen molar-refractivity contribution in [2.45, 2.75) is 26.3 Å². The largest absolute Gasteiger partial charge is 0.466 e. The highest BCUT2D eigenvalue weighted by Crippen LogP contribution is 2.02. The molecule has 1 N–H and O–H groups in total. The zero-order valence-electron chi connectivity index (χ0n) is 10.4. The van der Waals surface area contributed by atoms with Gasteiger partial charge in [0.1, 0.15) is 5.82 Å². The summed E-state index contributed by atoms with van der Waals surface area (Å²) in [5.41, 5.74) is 1.03. The third-order valence-electron chi connectivity index (χ3n) is 2.28. The zero-order chi connectivity index (χ0) is 12.5. The molecule has 0 saturated heterocycles. The van der Waals surface area contributed by atoms with Crippen LogP contribution in [0.15, 0.2) is 24.3 Å². The second kappa shape index (κ2) is 9.85. The summed E-state index contributed by atoms with van der Waals surface area (Å²) in [7, 11) is 0. The van der Waals surface area contributed by atoms with E-state index in [9.17, 15) is 9.18 Å². The lowest BCUT2D eigenvalue weighted by Gasteiger charge is -2.05. The Bertz CT molecular complexity index is 343. The number of halogens is 2. The molecule has 5 heteroatoms. The minimum absolute atomic E-state index is 0. The summed E-state index contributed by atoms with van der Waals surface area (Å²) in [5.74, 6) is -0.382. The number of carbonyl (C=O) groups excluding carboxylic acids is 1. The van der Waals surface area contributed by atoms with Gasteiger partial charge in [-0.2, -0.15) is 0 Å². The first-order valence-corrected chi connectivity index (χ1v) is 5.83. The second-order valence-corrected chi connectivity index (χ2v) is 3.71. The first-order chi connectivity index (χ1) is 8.22. The molecule has 0 unspecified atom stereocenters. The zero-order valence-corrected chi connectivity index (χ0v) is 11.3. The van der Waals surface area contributed by atoms with Crippen LogP contribution in [-0.4, -0.2) is 19.1 Å². The highest BCUT2D eigenvalue weighted by atomic mass is 35.5. The van der Waals surface area contributed by atoms with Crippen LogP contribution in [0.25, 0.3) is 0 Å². The van der Waals surface area contributed by atoms with Crippen LogP contribution in [0.3, 0.4) is 0 Å². The van der Waals surface area contributed by atoms with Crippen LogP contribution < -0.4 is 5.32 Å². The van der Waals surface area contributed by atoms with Crippen molar-refractivity contribution in [3.05, 3.63) is 35.6 Å². The smallest absolute Gasteiger partial charge is 0.305 e. The first kappa shape index (κ1) is 16.9. The van der Waals surface area contributed by atoms with E-state index in [1.165, 1.54) is 12.1 Å². The molecule has 0 aromatic heterocycles. The summed E-state index contributed by atoms with van der Waals surface area (Å²) in [6.07, 6.45) is 1.18. The van der Waals surface area contributed by atoms with Gasteiger partial charge < -0.3 is 10.1 Å². The average molecular weight is 276 g/mol. The summed E-state index contributed by atoms with van der Waals surface area (Å²) in [5, 5.41) is 3.19. The maximum Gasteiger partial charge on any atom is 0.305 e. The number of ether oxygens (including phenoxy) is 1. The van der Waals surface area contributed by atoms with Crippen LogP contribution in [0.1, 0.15) is 25.3 Å². The highest BCUT2D eigenvalue weighted by molar-refractivity contribution is 5.85. The van der Waals surface area contributed by atoms with E-state index in [2.05, 4.69) is 5.32 Å².